The lowest BCUT2D eigenvalue weighted by Crippen LogP contribution is -2.41. The van der Waals surface area contributed by atoms with E-state index in [1.807, 2.05) is 42.5 Å². The molecule has 68 heavy (non-hydrogen) atoms. The summed E-state index contributed by atoms with van der Waals surface area (Å²) in [5.41, 5.74) is 17.2. The van der Waals surface area contributed by atoms with E-state index in [2.05, 4.69) is 218 Å². The molecule has 3 heterocycles. The van der Waals surface area contributed by atoms with Gasteiger partial charge in [-0.3, -0.25) is 0 Å². The third-order valence-electron chi connectivity index (χ3n) is 14.9. The Morgan fingerprint density at radius 1 is 0.368 bits per heavy atom. The maximum absolute atomic E-state index is 6.28. The summed E-state index contributed by atoms with van der Waals surface area (Å²) < 4.78 is 28.1. The summed E-state index contributed by atoms with van der Waals surface area (Å²) in [6.45, 7) is 17.5. The molecule has 0 radical (unpaired) electrons. The van der Waals surface area contributed by atoms with Gasteiger partial charge < -0.3 is 18.1 Å². The molecule has 3 aliphatic rings. The van der Waals surface area contributed by atoms with E-state index in [1.54, 1.807) is 0 Å². The van der Waals surface area contributed by atoms with E-state index in [-0.39, 0.29) is 22.0 Å². The zero-order valence-electron chi connectivity index (χ0n) is 39.4. The number of hydrogen-bond donors (Lipinski definition) is 0. The molecule has 2 aliphatic carbocycles. The van der Waals surface area contributed by atoms with Gasteiger partial charge in [-0.1, -0.05) is 179 Å². The minimum absolute atomic E-state index is 0.0355. The predicted octanol–water partition coefficient (Wildman–Crippen LogP) is 17.7. The minimum Gasteiger partial charge on any atom is -0.456 e. The third kappa shape index (κ3) is 7.36. The van der Waals surface area contributed by atoms with Crippen LogP contribution in [0.15, 0.2) is 180 Å². The molecule has 1 aliphatic heterocycles. The molecule has 0 bridgehead atoms. The fourth-order valence-electron chi connectivity index (χ4n) is 10.5. The van der Waals surface area contributed by atoms with Crippen LogP contribution in [0.2, 0.25) is 0 Å². The normalized spacial score (nSPS) is 16.5. The van der Waals surface area contributed by atoms with Crippen molar-refractivity contribution in [2.75, 3.05) is 0 Å². The number of rotatable bonds is 2. The van der Waals surface area contributed by atoms with E-state index in [0.29, 0.717) is 0 Å². The average molecular weight is 1090 g/mol. The fraction of sp³-hybridized carbons (Fsp3) is 0.200. The molecule has 0 atom stereocenters. The smallest absolute Gasteiger partial charge is 0.456 e. The molecule has 0 unspecified atom stereocenters. The van der Waals surface area contributed by atoms with Crippen molar-refractivity contribution in [3.8, 4) is 33.4 Å². The first kappa shape index (κ1) is 45.2. The monoisotopic (exact) mass is 1080 g/mol. The van der Waals surface area contributed by atoms with Gasteiger partial charge in [0, 0.05) is 56.8 Å². The summed E-state index contributed by atoms with van der Waals surface area (Å²) in [5.74, 6) is 0. The Labute approximate surface area is 423 Å². The van der Waals surface area contributed by atoms with Gasteiger partial charge in [-0.05, 0) is 132 Å². The molecule has 0 spiro atoms. The Morgan fingerprint density at radius 3 is 1.26 bits per heavy atom. The molecule has 1 fully saturated rings. The van der Waals surface area contributed by atoms with E-state index < -0.39 is 7.12 Å². The Hall–Kier alpha value is -5.22. The summed E-state index contributed by atoms with van der Waals surface area (Å²) in [5, 5.41) is 4.56. The fourth-order valence-corrected chi connectivity index (χ4v) is 11.5. The first-order valence-electron chi connectivity index (χ1n) is 23.1. The van der Waals surface area contributed by atoms with Crippen LogP contribution in [-0.2, 0) is 20.1 Å². The zero-order valence-corrected chi connectivity index (χ0v) is 44.1. The molecule has 0 saturated carbocycles. The van der Waals surface area contributed by atoms with Crippen LogP contribution in [0.4, 0.5) is 0 Å². The molecule has 2 aromatic heterocycles. The van der Waals surface area contributed by atoms with Crippen molar-refractivity contribution in [2.24, 2.45) is 0 Å². The molecule has 8 heteroatoms. The van der Waals surface area contributed by atoms with E-state index >= 15 is 0 Å². The molecule has 1 saturated heterocycles. The van der Waals surface area contributed by atoms with Crippen LogP contribution in [0.5, 0.6) is 0 Å². The van der Waals surface area contributed by atoms with Gasteiger partial charge in [0.2, 0.25) is 0 Å². The number of fused-ring (bicyclic) bond motifs is 12. The summed E-state index contributed by atoms with van der Waals surface area (Å²) in [6.07, 6.45) is 0. The van der Waals surface area contributed by atoms with Crippen molar-refractivity contribution in [1.29, 1.82) is 0 Å². The van der Waals surface area contributed by atoms with Gasteiger partial charge in [0.05, 0.1) is 11.2 Å². The number of hydrogen-bond acceptors (Lipinski definition) is 4. The van der Waals surface area contributed by atoms with Crippen LogP contribution in [0, 0.1) is 0 Å². The number of benzene rings is 8. The Morgan fingerprint density at radius 2 is 0.765 bits per heavy atom. The lowest BCUT2D eigenvalue weighted by molar-refractivity contribution is 0.00578. The average Bonchev–Trinajstić information content (AvgIpc) is 4.06. The second kappa shape index (κ2) is 16.5. The van der Waals surface area contributed by atoms with E-state index in [0.717, 1.165) is 57.5 Å². The number of furan rings is 2. The summed E-state index contributed by atoms with van der Waals surface area (Å²) >= 11 is 10.8. The molecule has 13 rings (SSSR count). The molecular weight excluding hydrogens is 1040 g/mol. The molecule has 4 nitrogen and oxygen atoms in total. The van der Waals surface area contributed by atoms with Gasteiger partial charge in [-0.2, -0.15) is 0 Å². The second-order valence-electron chi connectivity index (χ2n) is 20.3. The van der Waals surface area contributed by atoms with Gasteiger partial charge >= 0.3 is 7.12 Å². The SMILES string of the molecule is CC1(C)OB(c2cccc3c2oc2ccccc23)OC1(C)C.CC1(C)c2cc(Br)ccc2-c2ccc(-c3cccc4c3oc3ccccc34)cc21.CC1(C)c2cc(Br)ccc2-c2ccc(Br)cc21. The molecule has 338 valence electrons. The van der Waals surface area contributed by atoms with Crippen LogP contribution in [-0.4, -0.2) is 18.3 Å². The van der Waals surface area contributed by atoms with Crippen LogP contribution in [0.3, 0.4) is 0 Å². The lowest BCUT2D eigenvalue weighted by Gasteiger charge is -2.32. The first-order valence-corrected chi connectivity index (χ1v) is 25.5. The van der Waals surface area contributed by atoms with Gasteiger partial charge in [0.1, 0.15) is 22.3 Å². The van der Waals surface area contributed by atoms with E-state index in [1.165, 1.54) is 60.8 Å². The van der Waals surface area contributed by atoms with Gasteiger partial charge in [0.15, 0.2) is 0 Å². The van der Waals surface area contributed by atoms with Crippen LogP contribution in [0.1, 0.15) is 77.6 Å². The van der Waals surface area contributed by atoms with Gasteiger partial charge in [-0.15, -0.1) is 0 Å². The highest BCUT2D eigenvalue weighted by atomic mass is 79.9. The molecule has 0 amide bonds. The maximum atomic E-state index is 6.28. The van der Waals surface area contributed by atoms with Crippen molar-refractivity contribution in [1.82, 2.24) is 0 Å². The molecular formula is C60H50BBr3O4. The van der Waals surface area contributed by atoms with Crippen LogP contribution < -0.4 is 5.46 Å². The topological polar surface area (TPSA) is 44.7 Å². The second-order valence-corrected chi connectivity index (χ2v) is 23.0. The third-order valence-corrected chi connectivity index (χ3v) is 16.4. The predicted molar refractivity (Wildman–Crippen MR) is 293 cm³/mol. The summed E-state index contributed by atoms with van der Waals surface area (Å²) in [4.78, 5) is 0. The van der Waals surface area contributed by atoms with Crippen LogP contribution >= 0.6 is 47.8 Å². The molecule has 8 aromatic carbocycles. The Balaban J connectivity index is 0.000000116. The largest absolute Gasteiger partial charge is 0.498 e. The van der Waals surface area contributed by atoms with Crippen molar-refractivity contribution < 1.29 is 18.1 Å². The Bertz CT molecular complexity index is 3580. The van der Waals surface area contributed by atoms with Crippen molar-refractivity contribution >= 4 is 104 Å². The highest BCUT2D eigenvalue weighted by Gasteiger charge is 2.52. The zero-order chi connectivity index (χ0) is 47.5. The molecule has 0 N–H and O–H groups in total. The number of halogens is 3. The van der Waals surface area contributed by atoms with Gasteiger partial charge in [-0.25, -0.2) is 0 Å². The maximum Gasteiger partial charge on any atom is 0.498 e. The van der Waals surface area contributed by atoms with Crippen molar-refractivity contribution in [3.63, 3.8) is 0 Å². The summed E-state index contributed by atoms with van der Waals surface area (Å²) in [6, 6.07) is 55.5. The number of para-hydroxylation sites is 4. The highest BCUT2D eigenvalue weighted by molar-refractivity contribution is 9.11. The minimum atomic E-state index is -0.408. The van der Waals surface area contributed by atoms with Crippen molar-refractivity contribution in [2.45, 2.75) is 77.4 Å². The first-order chi connectivity index (χ1) is 32.4. The van der Waals surface area contributed by atoms with E-state index in [9.17, 15) is 0 Å². The molecule has 10 aromatic rings. The van der Waals surface area contributed by atoms with Gasteiger partial charge in [0.25, 0.3) is 0 Å². The van der Waals surface area contributed by atoms with Crippen LogP contribution in [0.25, 0.3) is 77.3 Å². The summed E-state index contributed by atoms with van der Waals surface area (Å²) in [7, 11) is -0.408. The highest BCUT2D eigenvalue weighted by Crippen LogP contribution is 2.52. The van der Waals surface area contributed by atoms with E-state index in [4.69, 9.17) is 18.1 Å². The van der Waals surface area contributed by atoms with Crippen molar-refractivity contribution in [3.05, 3.63) is 193 Å². The Kier molecular flexibility index (Phi) is 10.9. The lowest BCUT2D eigenvalue weighted by atomic mass is 9.78. The standard InChI is InChI=1S/C27H19BrO.C18H19BO3.C15H12Br2/c1-27(2)23-14-16(10-12-19(23)20-13-11-17(28)15-24(20)27)18-7-5-8-22-21-6-3-4-9-25(21)29-26(18)22;1-17(2)18(3,4)22-19(21-17)14-10-7-9-13-12-8-5-6-11-15(12)20-16(13)14;1-15(2)13-7-9(16)3-5-11(13)12-6-4-10(17)8-14(12)15/h3-15H,1-2H3;5-11H,1-4H3;3-8H,1-2H3. The quantitative estimate of drug-likeness (QED) is 0.162.